The van der Waals surface area contributed by atoms with E-state index in [4.69, 9.17) is 0 Å². The molecule has 0 fully saturated rings. The number of unbranched alkanes of at least 4 members (excludes halogenated alkanes) is 3. The molecule has 0 saturated heterocycles. The van der Waals surface area contributed by atoms with Crippen LogP contribution >= 0.6 is 0 Å². The average molecular weight is 235 g/mol. The predicted octanol–water partition coefficient (Wildman–Crippen LogP) is 4.22. The topological polar surface area (TPSA) is 12.0 Å². The first-order chi connectivity index (χ1) is 8.27. The predicted molar refractivity (Wildman–Crippen MR) is 71.5 cm³/mol. The van der Waals surface area contributed by atoms with Gasteiger partial charge in [0, 0.05) is 6.04 Å². The summed E-state index contributed by atoms with van der Waals surface area (Å²) in [5, 5.41) is 3.29. The van der Waals surface area contributed by atoms with Crippen molar-refractivity contribution >= 4 is 0 Å². The Morgan fingerprint density at radius 2 is 1.94 bits per heavy atom. The minimum absolute atomic E-state index is 0.172. The van der Waals surface area contributed by atoms with E-state index < -0.39 is 0 Å². The van der Waals surface area contributed by atoms with Crippen molar-refractivity contribution in [2.24, 2.45) is 0 Å². The Kier molecular flexibility index (Phi) is 6.56. The molecule has 0 aliphatic rings. The normalized spacial score (nSPS) is 12.4. The maximum atomic E-state index is 12.8. The summed E-state index contributed by atoms with van der Waals surface area (Å²) in [4.78, 5) is 0. The first kappa shape index (κ1) is 13.9. The smallest absolute Gasteiger partial charge is 0.123 e. The number of rotatable bonds is 8. The minimum atomic E-state index is -0.172. The number of halogens is 1. The summed E-state index contributed by atoms with van der Waals surface area (Å²) in [5.74, 6) is -0.172. The van der Waals surface area contributed by atoms with Crippen molar-refractivity contribution in [2.45, 2.75) is 38.1 Å². The van der Waals surface area contributed by atoms with Crippen molar-refractivity contribution < 1.29 is 4.39 Å². The third kappa shape index (κ3) is 5.14. The van der Waals surface area contributed by atoms with Crippen molar-refractivity contribution in [1.82, 2.24) is 5.32 Å². The molecule has 1 unspecified atom stereocenters. The molecular weight excluding hydrogens is 213 g/mol. The highest BCUT2D eigenvalue weighted by Gasteiger charge is 2.08. The molecule has 1 aromatic carbocycles. The first-order valence-corrected chi connectivity index (χ1v) is 6.31. The van der Waals surface area contributed by atoms with Crippen LogP contribution in [0.1, 0.15) is 43.7 Å². The van der Waals surface area contributed by atoms with E-state index in [9.17, 15) is 4.39 Å². The fraction of sp³-hybridized carbons (Fsp3) is 0.467. The molecule has 0 aromatic heterocycles. The molecule has 0 amide bonds. The molecule has 0 radical (unpaired) electrons. The van der Waals surface area contributed by atoms with Gasteiger partial charge in [-0.25, -0.2) is 4.39 Å². The fourth-order valence-electron chi connectivity index (χ4n) is 1.99. The Balaban J connectivity index is 2.37. The van der Waals surface area contributed by atoms with Crippen molar-refractivity contribution in [3.05, 3.63) is 48.3 Å². The van der Waals surface area contributed by atoms with E-state index >= 15 is 0 Å². The summed E-state index contributed by atoms with van der Waals surface area (Å²) in [7, 11) is 1.96. The second-order valence-corrected chi connectivity index (χ2v) is 4.32. The molecule has 0 aliphatic carbocycles. The van der Waals surface area contributed by atoms with Crippen LogP contribution in [-0.2, 0) is 0 Å². The Morgan fingerprint density at radius 3 is 2.53 bits per heavy atom. The summed E-state index contributed by atoms with van der Waals surface area (Å²) in [6, 6.07) is 7.11. The van der Waals surface area contributed by atoms with E-state index in [1.807, 2.05) is 25.3 Å². The average Bonchev–Trinajstić information content (AvgIpc) is 2.35. The van der Waals surface area contributed by atoms with Gasteiger partial charge < -0.3 is 5.32 Å². The van der Waals surface area contributed by atoms with Crippen LogP contribution in [0.15, 0.2) is 36.9 Å². The summed E-state index contributed by atoms with van der Waals surface area (Å²) in [6.07, 6.45) is 7.79. The lowest BCUT2D eigenvalue weighted by Gasteiger charge is -2.16. The van der Waals surface area contributed by atoms with Gasteiger partial charge in [-0.1, -0.05) is 31.1 Å². The van der Waals surface area contributed by atoms with Gasteiger partial charge in [0.25, 0.3) is 0 Å². The summed E-state index contributed by atoms with van der Waals surface area (Å²) in [6.45, 7) is 3.72. The van der Waals surface area contributed by atoms with Gasteiger partial charge in [0.1, 0.15) is 5.82 Å². The Morgan fingerprint density at radius 1 is 1.24 bits per heavy atom. The van der Waals surface area contributed by atoms with Gasteiger partial charge in [0.05, 0.1) is 0 Å². The third-order valence-corrected chi connectivity index (χ3v) is 3.02. The second kappa shape index (κ2) is 8.02. The quantitative estimate of drug-likeness (QED) is 0.525. The van der Waals surface area contributed by atoms with Crippen LogP contribution in [0.4, 0.5) is 4.39 Å². The molecule has 2 heteroatoms. The molecule has 0 aliphatic heterocycles. The molecule has 17 heavy (non-hydrogen) atoms. The van der Waals surface area contributed by atoms with Crippen molar-refractivity contribution in [2.75, 3.05) is 7.05 Å². The first-order valence-electron chi connectivity index (χ1n) is 6.31. The zero-order chi connectivity index (χ0) is 12.5. The molecule has 94 valence electrons. The van der Waals surface area contributed by atoms with Gasteiger partial charge in [0.15, 0.2) is 0 Å². The van der Waals surface area contributed by atoms with Crippen LogP contribution in [0.3, 0.4) is 0 Å². The molecule has 1 atom stereocenters. The largest absolute Gasteiger partial charge is 0.313 e. The summed E-state index contributed by atoms with van der Waals surface area (Å²) < 4.78 is 12.8. The van der Waals surface area contributed by atoms with E-state index in [2.05, 4.69) is 11.9 Å². The van der Waals surface area contributed by atoms with Gasteiger partial charge in [0.2, 0.25) is 0 Å². The van der Waals surface area contributed by atoms with Crippen LogP contribution in [-0.4, -0.2) is 7.05 Å². The zero-order valence-corrected chi connectivity index (χ0v) is 10.6. The monoisotopic (exact) mass is 235 g/mol. The molecule has 0 heterocycles. The van der Waals surface area contributed by atoms with Crippen molar-refractivity contribution in [3.8, 4) is 0 Å². The highest BCUT2D eigenvalue weighted by atomic mass is 19.1. The van der Waals surface area contributed by atoms with Crippen LogP contribution in [0.25, 0.3) is 0 Å². The second-order valence-electron chi connectivity index (χ2n) is 4.32. The van der Waals surface area contributed by atoms with E-state index in [-0.39, 0.29) is 5.82 Å². The van der Waals surface area contributed by atoms with Crippen LogP contribution < -0.4 is 5.32 Å². The highest BCUT2D eigenvalue weighted by Crippen LogP contribution is 2.20. The number of allylic oxidation sites excluding steroid dienone is 1. The Labute approximate surface area is 104 Å². The SMILES string of the molecule is C=CCCCCCC(NC)c1ccc(F)cc1. The van der Waals surface area contributed by atoms with E-state index in [0.29, 0.717) is 6.04 Å². The lowest BCUT2D eigenvalue weighted by atomic mass is 10.00. The van der Waals surface area contributed by atoms with E-state index in [0.717, 1.165) is 18.4 Å². The molecule has 0 bridgehead atoms. The lowest BCUT2D eigenvalue weighted by Crippen LogP contribution is -2.16. The lowest BCUT2D eigenvalue weighted by molar-refractivity contribution is 0.507. The zero-order valence-electron chi connectivity index (χ0n) is 10.6. The Hall–Kier alpha value is -1.15. The molecule has 1 N–H and O–H groups in total. The van der Waals surface area contributed by atoms with Crippen molar-refractivity contribution in [1.29, 1.82) is 0 Å². The number of hydrogen-bond donors (Lipinski definition) is 1. The van der Waals surface area contributed by atoms with Gasteiger partial charge in [-0.2, -0.15) is 0 Å². The maximum Gasteiger partial charge on any atom is 0.123 e. The maximum absolute atomic E-state index is 12.8. The van der Waals surface area contributed by atoms with Gasteiger partial charge in [-0.3, -0.25) is 0 Å². The van der Waals surface area contributed by atoms with Crippen LogP contribution in [0.2, 0.25) is 0 Å². The molecule has 1 rings (SSSR count). The minimum Gasteiger partial charge on any atom is -0.313 e. The van der Waals surface area contributed by atoms with Gasteiger partial charge in [-0.15, -0.1) is 6.58 Å². The number of benzene rings is 1. The van der Waals surface area contributed by atoms with E-state index in [1.165, 1.54) is 31.4 Å². The molecule has 1 nitrogen and oxygen atoms in total. The van der Waals surface area contributed by atoms with Gasteiger partial charge >= 0.3 is 0 Å². The molecule has 0 saturated carbocycles. The molecule has 1 aromatic rings. The third-order valence-electron chi connectivity index (χ3n) is 3.02. The fourth-order valence-corrected chi connectivity index (χ4v) is 1.99. The number of nitrogens with one attached hydrogen (secondary N) is 1. The van der Waals surface area contributed by atoms with E-state index in [1.54, 1.807) is 0 Å². The summed E-state index contributed by atoms with van der Waals surface area (Å²) in [5.41, 5.74) is 1.16. The molecule has 0 spiro atoms. The highest BCUT2D eigenvalue weighted by molar-refractivity contribution is 5.19. The molecular formula is C15H22FN. The van der Waals surface area contributed by atoms with Gasteiger partial charge in [-0.05, 0) is 44.0 Å². The Bertz CT molecular complexity index is 318. The summed E-state index contributed by atoms with van der Waals surface area (Å²) >= 11 is 0. The van der Waals surface area contributed by atoms with Crippen LogP contribution in [0.5, 0.6) is 0 Å². The number of hydrogen-bond acceptors (Lipinski definition) is 1. The standard InChI is InChI=1S/C15H22FN/c1-3-4-5-6-7-8-15(17-2)13-9-11-14(16)12-10-13/h3,9-12,15,17H,1,4-8H2,2H3. The van der Waals surface area contributed by atoms with Crippen molar-refractivity contribution in [3.63, 3.8) is 0 Å². The van der Waals surface area contributed by atoms with Crippen LogP contribution in [0, 0.1) is 5.82 Å².